The third-order valence-electron chi connectivity index (χ3n) is 2.21. The molecule has 0 amide bonds. The van der Waals surface area contributed by atoms with E-state index < -0.39 is 18.2 Å². The minimum Gasteiger partial charge on any atom is -0.481 e. The van der Waals surface area contributed by atoms with Crippen molar-refractivity contribution in [1.29, 1.82) is 0 Å². The Bertz CT molecular complexity index is 626. The van der Waals surface area contributed by atoms with Crippen LogP contribution in [0.4, 0.5) is 0 Å². The lowest BCUT2D eigenvalue weighted by molar-refractivity contribution is -0.139. The van der Waals surface area contributed by atoms with E-state index in [2.05, 4.69) is 0 Å². The fourth-order valence-electron chi connectivity index (χ4n) is 1.50. The van der Waals surface area contributed by atoms with E-state index in [4.69, 9.17) is 14.3 Å². The molecule has 1 aromatic heterocycles. The molecule has 5 nitrogen and oxygen atoms in total. The van der Waals surface area contributed by atoms with Crippen molar-refractivity contribution in [3.8, 4) is 5.75 Å². The number of aliphatic carboxylic acids is 1. The molecular formula is C12H10O5. The van der Waals surface area contributed by atoms with Gasteiger partial charge < -0.3 is 14.3 Å². The maximum absolute atomic E-state index is 11.3. The Labute approximate surface area is 96.2 Å². The van der Waals surface area contributed by atoms with Gasteiger partial charge in [-0.3, -0.25) is 0 Å². The van der Waals surface area contributed by atoms with Gasteiger partial charge in [0.2, 0.25) is 0 Å². The van der Waals surface area contributed by atoms with E-state index in [1.54, 1.807) is 12.1 Å². The summed E-state index contributed by atoms with van der Waals surface area (Å²) in [6.07, 6.45) is 0. The van der Waals surface area contributed by atoms with Crippen LogP contribution in [0.5, 0.6) is 5.75 Å². The number of hydrogen-bond donors (Lipinski definition) is 1. The third-order valence-corrected chi connectivity index (χ3v) is 2.21. The SMILES string of the molecule is Cc1ccc2c(OCC(=O)O)cc(=O)oc2c1. The van der Waals surface area contributed by atoms with Crippen LogP contribution >= 0.6 is 0 Å². The molecular weight excluding hydrogens is 224 g/mol. The first kappa shape index (κ1) is 11.2. The van der Waals surface area contributed by atoms with Crippen molar-refractivity contribution >= 4 is 16.9 Å². The Balaban J connectivity index is 2.53. The Morgan fingerprint density at radius 2 is 2.18 bits per heavy atom. The zero-order chi connectivity index (χ0) is 12.4. The molecule has 0 fully saturated rings. The summed E-state index contributed by atoms with van der Waals surface area (Å²) < 4.78 is 10.0. The second kappa shape index (κ2) is 4.29. The van der Waals surface area contributed by atoms with Crippen LogP contribution in [0.15, 0.2) is 33.5 Å². The number of carboxylic acid groups (broad SMARTS) is 1. The predicted molar refractivity (Wildman–Crippen MR) is 60.4 cm³/mol. The standard InChI is InChI=1S/C12H10O5/c1-7-2-3-8-9(16-6-11(13)14)5-12(15)17-10(8)4-7/h2-5H,6H2,1H3,(H,13,14). The van der Waals surface area contributed by atoms with E-state index in [9.17, 15) is 9.59 Å². The molecule has 2 rings (SSSR count). The maximum atomic E-state index is 11.3. The van der Waals surface area contributed by atoms with Crippen LogP contribution in [0.3, 0.4) is 0 Å². The number of hydrogen-bond acceptors (Lipinski definition) is 4. The molecule has 88 valence electrons. The van der Waals surface area contributed by atoms with Gasteiger partial charge in [0.25, 0.3) is 0 Å². The average Bonchev–Trinajstić information content (AvgIpc) is 2.24. The molecule has 0 aliphatic carbocycles. The second-order valence-corrected chi connectivity index (χ2v) is 3.61. The van der Waals surface area contributed by atoms with Crippen molar-refractivity contribution in [1.82, 2.24) is 0 Å². The van der Waals surface area contributed by atoms with Crippen LogP contribution in [-0.4, -0.2) is 17.7 Å². The summed E-state index contributed by atoms with van der Waals surface area (Å²) in [5.41, 5.74) is 0.761. The molecule has 1 aromatic carbocycles. The number of rotatable bonds is 3. The van der Waals surface area contributed by atoms with Crippen molar-refractivity contribution in [2.24, 2.45) is 0 Å². The Morgan fingerprint density at radius 3 is 2.88 bits per heavy atom. The molecule has 1 heterocycles. The van der Waals surface area contributed by atoms with Crippen molar-refractivity contribution in [3.63, 3.8) is 0 Å². The monoisotopic (exact) mass is 234 g/mol. The molecule has 0 unspecified atom stereocenters. The molecule has 5 heteroatoms. The summed E-state index contributed by atoms with van der Waals surface area (Å²) in [6, 6.07) is 6.39. The minimum atomic E-state index is -1.10. The summed E-state index contributed by atoms with van der Waals surface area (Å²) in [7, 11) is 0. The van der Waals surface area contributed by atoms with Crippen LogP contribution < -0.4 is 10.4 Å². The highest BCUT2D eigenvalue weighted by Gasteiger charge is 2.08. The molecule has 0 atom stereocenters. The highest BCUT2D eigenvalue weighted by atomic mass is 16.5. The molecule has 0 aliphatic heterocycles. The summed E-state index contributed by atoms with van der Waals surface area (Å²) in [4.78, 5) is 21.7. The largest absolute Gasteiger partial charge is 0.481 e. The van der Waals surface area contributed by atoms with E-state index in [0.29, 0.717) is 11.0 Å². The summed E-state index contributed by atoms with van der Waals surface area (Å²) in [6.45, 7) is 1.37. The number of fused-ring (bicyclic) bond motifs is 1. The van der Waals surface area contributed by atoms with Crippen molar-refractivity contribution in [3.05, 3.63) is 40.2 Å². The summed E-state index contributed by atoms with van der Waals surface area (Å²) in [5, 5.41) is 9.11. The first-order valence-electron chi connectivity index (χ1n) is 4.95. The molecule has 2 aromatic rings. The van der Waals surface area contributed by atoms with Gasteiger partial charge in [0.15, 0.2) is 6.61 Å². The molecule has 1 N–H and O–H groups in total. The Morgan fingerprint density at radius 1 is 1.41 bits per heavy atom. The first-order chi connectivity index (χ1) is 8.06. The second-order valence-electron chi connectivity index (χ2n) is 3.61. The van der Waals surface area contributed by atoms with Crippen LogP contribution in [0.1, 0.15) is 5.56 Å². The van der Waals surface area contributed by atoms with Gasteiger partial charge in [-0.1, -0.05) is 6.07 Å². The highest BCUT2D eigenvalue weighted by molar-refractivity contribution is 5.84. The fraction of sp³-hybridized carbons (Fsp3) is 0.167. The summed E-state index contributed by atoms with van der Waals surface area (Å²) in [5.74, 6) is -0.878. The van der Waals surface area contributed by atoms with Gasteiger partial charge in [-0.05, 0) is 24.6 Å². The smallest absolute Gasteiger partial charge is 0.341 e. The highest BCUT2D eigenvalue weighted by Crippen LogP contribution is 2.24. The van der Waals surface area contributed by atoms with Gasteiger partial charge in [-0.15, -0.1) is 0 Å². The lowest BCUT2D eigenvalue weighted by atomic mass is 10.1. The minimum absolute atomic E-state index is 0.221. The number of carboxylic acids is 1. The molecule has 17 heavy (non-hydrogen) atoms. The van der Waals surface area contributed by atoms with Crippen molar-refractivity contribution < 1.29 is 19.1 Å². The van der Waals surface area contributed by atoms with E-state index >= 15 is 0 Å². The molecule has 0 radical (unpaired) electrons. The van der Waals surface area contributed by atoms with E-state index in [1.807, 2.05) is 13.0 Å². The molecule has 0 bridgehead atoms. The summed E-state index contributed by atoms with van der Waals surface area (Å²) >= 11 is 0. The van der Waals surface area contributed by atoms with E-state index in [-0.39, 0.29) is 5.75 Å². The number of ether oxygens (including phenoxy) is 1. The number of carbonyl (C=O) groups is 1. The van der Waals surface area contributed by atoms with Crippen LogP contribution in [-0.2, 0) is 4.79 Å². The lowest BCUT2D eigenvalue weighted by Gasteiger charge is -2.06. The zero-order valence-electron chi connectivity index (χ0n) is 9.10. The first-order valence-corrected chi connectivity index (χ1v) is 4.95. The van der Waals surface area contributed by atoms with Crippen LogP contribution in [0.25, 0.3) is 11.0 Å². The van der Waals surface area contributed by atoms with Crippen LogP contribution in [0, 0.1) is 6.92 Å². The lowest BCUT2D eigenvalue weighted by Crippen LogP contribution is -2.11. The van der Waals surface area contributed by atoms with Gasteiger partial charge in [0.05, 0.1) is 11.5 Å². The van der Waals surface area contributed by atoms with E-state index in [0.717, 1.165) is 11.6 Å². The molecule has 0 saturated heterocycles. The predicted octanol–water partition coefficient (Wildman–Crippen LogP) is 1.56. The zero-order valence-corrected chi connectivity index (χ0v) is 9.10. The van der Waals surface area contributed by atoms with E-state index in [1.165, 1.54) is 0 Å². The Kier molecular flexibility index (Phi) is 2.82. The normalized spacial score (nSPS) is 10.4. The van der Waals surface area contributed by atoms with Gasteiger partial charge in [0.1, 0.15) is 11.3 Å². The van der Waals surface area contributed by atoms with Crippen molar-refractivity contribution in [2.45, 2.75) is 6.92 Å². The maximum Gasteiger partial charge on any atom is 0.341 e. The molecule has 0 spiro atoms. The average molecular weight is 234 g/mol. The topological polar surface area (TPSA) is 76.7 Å². The quantitative estimate of drug-likeness (QED) is 0.815. The van der Waals surface area contributed by atoms with Crippen molar-refractivity contribution in [2.75, 3.05) is 6.61 Å². The van der Waals surface area contributed by atoms with Gasteiger partial charge >= 0.3 is 11.6 Å². The molecule has 0 saturated carbocycles. The van der Waals surface area contributed by atoms with Gasteiger partial charge in [-0.25, -0.2) is 9.59 Å². The fourth-order valence-corrected chi connectivity index (χ4v) is 1.50. The van der Waals surface area contributed by atoms with Gasteiger partial charge in [0, 0.05) is 0 Å². The number of benzene rings is 1. The van der Waals surface area contributed by atoms with Crippen LogP contribution in [0.2, 0.25) is 0 Å². The molecule has 0 aliphatic rings. The number of aryl methyl sites for hydroxylation is 1. The van der Waals surface area contributed by atoms with Gasteiger partial charge in [-0.2, -0.15) is 0 Å². The Hall–Kier alpha value is -2.30. The third kappa shape index (κ3) is 2.44.